The van der Waals surface area contributed by atoms with E-state index in [0.29, 0.717) is 0 Å². The maximum absolute atomic E-state index is 5.62. The van der Waals surface area contributed by atoms with Crippen LogP contribution in [0, 0.1) is 13.8 Å². The standard InChI is InChI=1S/C14H21N3O/c1-5-15-14(9-12-6-7-17(4)16-12)13-8-10(2)18-11(13)3/h6-8,14-15H,5,9H2,1-4H3. The molecule has 1 atom stereocenters. The number of hydrogen-bond acceptors (Lipinski definition) is 3. The Morgan fingerprint density at radius 1 is 1.44 bits per heavy atom. The summed E-state index contributed by atoms with van der Waals surface area (Å²) in [6.45, 7) is 7.06. The summed E-state index contributed by atoms with van der Waals surface area (Å²) in [4.78, 5) is 0. The summed E-state index contributed by atoms with van der Waals surface area (Å²) in [7, 11) is 1.94. The third kappa shape index (κ3) is 2.82. The van der Waals surface area contributed by atoms with Gasteiger partial charge in [-0.15, -0.1) is 0 Å². The predicted octanol–water partition coefficient (Wildman–Crippen LogP) is 2.52. The molecule has 0 fully saturated rings. The largest absolute Gasteiger partial charge is 0.466 e. The number of nitrogens with one attached hydrogen (secondary N) is 1. The van der Waals surface area contributed by atoms with E-state index in [0.717, 1.165) is 30.2 Å². The first-order valence-electron chi connectivity index (χ1n) is 6.39. The smallest absolute Gasteiger partial charge is 0.105 e. The van der Waals surface area contributed by atoms with E-state index in [4.69, 9.17) is 4.42 Å². The summed E-state index contributed by atoms with van der Waals surface area (Å²) in [5.74, 6) is 1.96. The van der Waals surface area contributed by atoms with Gasteiger partial charge in [0, 0.05) is 31.3 Å². The van der Waals surface area contributed by atoms with Gasteiger partial charge in [0.2, 0.25) is 0 Å². The van der Waals surface area contributed by atoms with Crippen molar-refractivity contribution in [3.63, 3.8) is 0 Å². The molecule has 0 aliphatic rings. The zero-order valence-corrected chi connectivity index (χ0v) is 11.5. The Morgan fingerprint density at radius 2 is 2.22 bits per heavy atom. The van der Waals surface area contributed by atoms with E-state index in [-0.39, 0.29) is 6.04 Å². The lowest BCUT2D eigenvalue weighted by Gasteiger charge is -2.16. The number of furan rings is 1. The van der Waals surface area contributed by atoms with Crippen LogP contribution in [0.15, 0.2) is 22.7 Å². The molecule has 98 valence electrons. The third-order valence-electron chi connectivity index (χ3n) is 3.09. The van der Waals surface area contributed by atoms with Gasteiger partial charge in [-0.25, -0.2) is 0 Å². The second-order valence-electron chi connectivity index (χ2n) is 4.66. The molecule has 0 aromatic carbocycles. The molecule has 0 saturated heterocycles. The lowest BCUT2D eigenvalue weighted by Crippen LogP contribution is -2.23. The van der Waals surface area contributed by atoms with Crippen LogP contribution in [-0.4, -0.2) is 16.3 Å². The van der Waals surface area contributed by atoms with Gasteiger partial charge in [0.25, 0.3) is 0 Å². The molecule has 2 aromatic rings. The van der Waals surface area contributed by atoms with Gasteiger partial charge in [-0.1, -0.05) is 6.92 Å². The van der Waals surface area contributed by atoms with Gasteiger partial charge in [0.15, 0.2) is 0 Å². The van der Waals surface area contributed by atoms with Gasteiger partial charge in [-0.2, -0.15) is 5.10 Å². The second-order valence-corrected chi connectivity index (χ2v) is 4.66. The highest BCUT2D eigenvalue weighted by Gasteiger charge is 2.17. The minimum Gasteiger partial charge on any atom is -0.466 e. The fraction of sp³-hybridized carbons (Fsp3) is 0.500. The predicted molar refractivity (Wildman–Crippen MR) is 71.5 cm³/mol. The number of aryl methyl sites for hydroxylation is 3. The van der Waals surface area contributed by atoms with Crippen molar-refractivity contribution < 1.29 is 4.42 Å². The number of likely N-dealkylation sites (N-methyl/N-ethyl adjacent to an activating group) is 1. The Labute approximate surface area is 108 Å². The average molecular weight is 247 g/mol. The first kappa shape index (κ1) is 12.9. The summed E-state index contributed by atoms with van der Waals surface area (Å²) >= 11 is 0. The molecule has 4 heteroatoms. The van der Waals surface area contributed by atoms with Crippen LogP contribution in [-0.2, 0) is 13.5 Å². The van der Waals surface area contributed by atoms with E-state index in [1.807, 2.05) is 31.8 Å². The summed E-state index contributed by atoms with van der Waals surface area (Å²) in [6.07, 6.45) is 2.86. The SMILES string of the molecule is CCNC(Cc1ccn(C)n1)c1cc(C)oc1C. The fourth-order valence-electron chi connectivity index (χ4n) is 2.32. The van der Waals surface area contributed by atoms with Crippen molar-refractivity contribution in [3.8, 4) is 0 Å². The number of nitrogens with zero attached hydrogens (tertiary/aromatic N) is 2. The van der Waals surface area contributed by atoms with Crippen molar-refractivity contribution in [2.45, 2.75) is 33.2 Å². The van der Waals surface area contributed by atoms with Gasteiger partial charge in [-0.05, 0) is 32.5 Å². The highest BCUT2D eigenvalue weighted by atomic mass is 16.3. The Hall–Kier alpha value is -1.55. The van der Waals surface area contributed by atoms with E-state index >= 15 is 0 Å². The van der Waals surface area contributed by atoms with Gasteiger partial charge in [-0.3, -0.25) is 4.68 Å². The fourth-order valence-corrected chi connectivity index (χ4v) is 2.32. The monoisotopic (exact) mass is 247 g/mol. The quantitative estimate of drug-likeness (QED) is 0.883. The molecule has 2 rings (SSSR count). The molecule has 0 bridgehead atoms. The van der Waals surface area contributed by atoms with Gasteiger partial charge in [0.1, 0.15) is 11.5 Å². The van der Waals surface area contributed by atoms with Crippen LogP contribution in [0.1, 0.15) is 35.7 Å². The van der Waals surface area contributed by atoms with E-state index in [1.165, 1.54) is 5.56 Å². The maximum atomic E-state index is 5.62. The summed E-state index contributed by atoms with van der Waals surface area (Å²) in [5.41, 5.74) is 2.33. The van der Waals surface area contributed by atoms with Crippen LogP contribution in [0.25, 0.3) is 0 Å². The van der Waals surface area contributed by atoms with Crippen molar-refractivity contribution in [1.29, 1.82) is 0 Å². The summed E-state index contributed by atoms with van der Waals surface area (Å²) < 4.78 is 7.46. The maximum Gasteiger partial charge on any atom is 0.105 e. The third-order valence-corrected chi connectivity index (χ3v) is 3.09. The molecular weight excluding hydrogens is 226 g/mol. The minimum absolute atomic E-state index is 0.266. The van der Waals surface area contributed by atoms with Crippen molar-refractivity contribution in [3.05, 3.63) is 41.1 Å². The molecular formula is C14H21N3O. The Morgan fingerprint density at radius 3 is 2.72 bits per heavy atom. The van der Waals surface area contributed by atoms with Gasteiger partial charge in [0.05, 0.1) is 5.69 Å². The number of aromatic nitrogens is 2. The van der Waals surface area contributed by atoms with Crippen LogP contribution in [0.3, 0.4) is 0 Å². The second kappa shape index (κ2) is 5.40. The first-order chi connectivity index (χ1) is 8.60. The first-order valence-corrected chi connectivity index (χ1v) is 6.39. The van der Waals surface area contributed by atoms with E-state index in [1.54, 1.807) is 0 Å². The van der Waals surface area contributed by atoms with Crippen LogP contribution >= 0.6 is 0 Å². The Kier molecular flexibility index (Phi) is 3.87. The average Bonchev–Trinajstić information content (AvgIpc) is 2.84. The van der Waals surface area contributed by atoms with Crippen LogP contribution in [0.4, 0.5) is 0 Å². The normalized spacial score (nSPS) is 12.9. The summed E-state index contributed by atoms with van der Waals surface area (Å²) in [6, 6.07) is 4.44. The zero-order valence-electron chi connectivity index (χ0n) is 11.5. The lowest BCUT2D eigenvalue weighted by atomic mass is 10.0. The molecule has 0 spiro atoms. The molecule has 1 N–H and O–H groups in total. The van der Waals surface area contributed by atoms with Crippen molar-refractivity contribution in [2.24, 2.45) is 7.05 Å². The molecule has 1 unspecified atom stereocenters. The molecule has 0 radical (unpaired) electrons. The highest BCUT2D eigenvalue weighted by molar-refractivity contribution is 5.25. The highest BCUT2D eigenvalue weighted by Crippen LogP contribution is 2.24. The van der Waals surface area contributed by atoms with Crippen LogP contribution < -0.4 is 5.32 Å². The van der Waals surface area contributed by atoms with Crippen LogP contribution in [0.2, 0.25) is 0 Å². The number of rotatable bonds is 5. The summed E-state index contributed by atoms with van der Waals surface area (Å²) in [5, 5.41) is 7.94. The van der Waals surface area contributed by atoms with E-state index in [2.05, 4.69) is 29.5 Å². The van der Waals surface area contributed by atoms with Gasteiger partial charge < -0.3 is 9.73 Å². The lowest BCUT2D eigenvalue weighted by molar-refractivity contribution is 0.482. The molecule has 0 amide bonds. The van der Waals surface area contributed by atoms with Crippen LogP contribution in [0.5, 0.6) is 0 Å². The van der Waals surface area contributed by atoms with Crippen molar-refractivity contribution >= 4 is 0 Å². The Balaban J connectivity index is 2.20. The molecule has 2 aromatic heterocycles. The Bertz CT molecular complexity index is 513. The minimum atomic E-state index is 0.266. The van der Waals surface area contributed by atoms with E-state index < -0.39 is 0 Å². The molecule has 0 saturated carbocycles. The zero-order chi connectivity index (χ0) is 13.1. The molecule has 0 aliphatic heterocycles. The van der Waals surface area contributed by atoms with Gasteiger partial charge >= 0.3 is 0 Å². The van der Waals surface area contributed by atoms with Crippen molar-refractivity contribution in [2.75, 3.05) is 6.54 Å². The van der Waals surface area contributed by atoms with E-state index in [9.17, 15) is 0 Å². The molecule has 4 nitrogen and oxygen atoms in total. The van der Waals surface area contributed by atoms with Crippen molar-refractivity contribution in [1.82, 2.24) is 15.1 Å². The molecule has 0 aliphatic carbocycles. The molecule has 2 heterocycles. The topological polar surface area (TPSA) is 43.0 Å². The number of hydrogen-bond donors (Lipinski definition) is 1. The molecule has 18 heavy (non-hydrogen) atoms.